The first-order valence-electron chi connectivity index (χ1n) is 8.83. The van der Waals surface area contributed by atoms with Crippen LogP contribution in [0, 0.1) is 0 Å². The second kappa shape index (κ2) is 6.73. The standard InChI is InChI=1S/C18H20N4O4S2/c1-18(19,15-5-3-9-27-15)17(24)21-8-6-13-16(21)14(23)11-22(13)28(25,26)12-4-2-7-20-10-12/h2-5,7,9-10,13,16H,6,8,11,19H2,1H3. The van der Waals surface area contributed by atoms with E-state index in [1.165, 1.54) is 45.1 Å². The molecule has 1 amide bonds. The van der Waals surface area contributed by atoms with Crippen molar-refractivity contribution in [3.8, 4) is 0 Å². The maximum atomic E-state index is 13.2. The number of hydrogen-bond donors (Lipinski definition) is 1. The molecule has 2 aliphatic heterocycles. The Morgan fingerprint density at radius 2 is 2.14 bits per heavy atom. The summed E-state index contributed by atoms with van der Waals surface area (Å²) in [5, 5.41) is 1.84. The number of aromatic nitrogens is 1. The summed E-state index contributed by atoms with van der Waals surface area (Å²) >= 11 is 1.37. The van der Waals surface area contributed by atoms with E-state index in [2.05, 4.69) is 4.98 Å². The summed E-state index contributed by atoms with van der Waals surface area (Å²) in [6, 6.07) is 5.20. The predicted octanol–water partition coefficient (Wildman–Crippen LogP) is 0.560. The third-order valence-corrected chi connectivity index (χ3v) is 8.32. The van der Waals surface area contributed by atoms with Crippen LogP contribution in [-0.4, -0.2) is 59.5 Å². The molecule has 2 N–H and O–H groups in total. The Bertz CT molecular complexity index is 1010. The van der Waals surface area contributed by atoms with Crippen molar-refractivity contribution in [3.63, 3.8) is 0 Å². The third kappa shape index (κ3) is 2.87. The Kier molecular flexibility index (Phi) is 4.61. The number of nitrogens with two attached hydrogens (primary N) is 1. The number of hydrogen-bond acceptors (Lipinski definition) is 7. The van der Waals surface area contributed by atoms with Crippen LogP contribution in [-0.2, 0) is 25.2 Å². The van der Waals surface area contributed by atoms with Gasteiger partial charge in [0.2, 0.25) is 15.9 Å². The second-order valence-corrected chi connectivity index (χ2v) is 10.0. The lowest BCUT2D eigenvalue weighted by molar-refractivity contribution is -0.140. The van der Waals surface area contributed by atoms with Crippen LogP contribution < -0.4 is 5.73 Å². The Morgan fingerprint density at radius 1 is 1.36 bits per heavy atom. The van der Waals surface area contributed by atoms with Gasteiger partial charge in [-0.3, -0.25) is 14.6 Å². The number of nitrogens with zero attached hydrogens (tertiary/aromatic N) is 3. The van der Waals surface area contributed by atoms with Crippen LogP contribution in [0.1, 0.15) is 18.2 Å². The van der Waals surface area contributed by atoms with Gasteiger partial charge < -0.3 is 10.6 Å². The van der Waals surface area contributed by atoms with E-state index in [-0.39, 0.29) is 29.7 Å². The van der Waals surface area contributed by atoms with Gasteiger partial charge in [-0.05, 0) is 36.9 Å². The average molecular weight is 421 g/mol. The van der Waals surface area contributed by atoms with Crippen LogP contribution in [0.15, 0.2) is 46.9 Å². The van der Waals surface area contributed by atoms with E-state index in [4.69, 9.17) is 5.73 Å². The molecule has 3 unspecified atom stereocenters. The van der Waals surface area contributed by atoms with Gasteiger partial charge in [0.1, 0.15) is 16.5 Å². The quantitative estimate of drug-likeness (QED) is 0.773. The van der Waals surface area contributed by atoms with Crippen LogP contribution in [0.5, 0.6) is 0 Å². The van der Waals surface area contributed by atoms with Crippen LogP contribution >= 0.6 is 11.3 Å². The fourth-order valence-electron chi connectivity index (χ4n) is 3.93. The lowest BCUT2D eigenvalue weighted by atomic mass is 9.98. The smallest absolute Gasteiger partial charge is 0.248 e. The van der Waals surface area contributed by atoms with Gasteiger partial charge in [0, 0.05) is 23.8 Å². The van der Waals surface area contributed by atoms with Gasteiger partial charge in [-0.2, -0.15) is 4.31 Å². The van der Waals surface area contributed by atoms with Crippen molar-refractivity contribution < 1.29 is 18.0 Å². The summed E-state index contributed by atoms with van der Waals surface area (Å²) in [5.41, 5.74) is 5.05. The summed E-state index contributed by atoms with van der Waals surface area (Å²) < 4.78 is 27.2. The molecule has 4 rings (SSSR count). The number of likely N-dealkylation sites (tertiary alicyclic amines) is 1. The van der Waals surface area contributed by atoms with E-state index in [9.17, 15) is 18.0 Å². The van der Waals surface area contributed by atoms with Crippen molar-refractivity contribution in [2.75, 3.05) is 13.1 Å². The monoisotopic (exact) mass is 420 g/mol. The molecule has 0 saturated carbocycles. The van der Waals surface area contributed by atoms with Crippen LogP contribution in [0.2, 0.25) is 0 Å². The van der Waals surface area contributed by atoms with Crippen molar-refractivity contribution in [2.45, 2.75) is 35.9 Å². The number of sulfonamides is 1. The summed E-state index contributed by atoms with van der Waals surface area (Å²) in [5.74, 6) is -0.651. The molecule has 2 fully saturated rings. The molecule has 3 atom stereocenters. The summed E-state index contributed by atoms with van der Waals surface area (Å²) in [4.78, 5) is 31.9. The Balaban J connectivity index is 1.63. The van der Waals surface area contributed by atoms with Crippen LogP contribution in [0.25, 0.3) is 0 Å². The topological polar surface area (TPSA) is 114 Å². The maximum absolute atomic E-state index is 13.2. The highest BCUT2D eigenvalue weighted by atomic mass is 32.2. The summed E-state index contributed by atoms with van der Waals surface area (Å²) in [7, 11) is -3.87. The largest absolute Gasteiger partial charge is 0.329 e. The first-order chi connectivity index (χ1) is 13.2. The molecule has 2 aromatic heterocycles. The van der Waals surface area contributed by atoms with E-state index < -0.39 is 27.6 Å². The number of Topliss-reactive ketones (excluding diaryl/α,β-unsaturated/α-hetero) is 1. The number of ketones is 1. The van der Waals surface area contributed by atoms with Gasteiger partial charge in [-0.15, -0.1) is 11.3 Å². The molecule has 148 valence electrons. The van der Waals surface area contributed by atoms with Gasteiger partial charge in [0.05, 0.1) is 12.6 Å². The molecule has 28 heavy (non-hydrogen) atoms. The number of rotatable bonds is 4. The van der Waals surface area contributed by atoms with Gasteiger partial charge in [0.25, 0.3) is 0 Å². The predicted molar refractivity (Wildman–Crippen MR) is 103 cm³/mol. The van der Waals surface area contributed by atoms with Gasteiger partial charge >= 0.3 is 0 Å². The number of fused-ring (bicyclic) bond motifs is 1. The number of amides is 1. The Hall–Kier alpha value is -2.14. The average Bonchev–Trinajstić information content (AvgIpc) is 3.40. The number of pyridine rings is 1. The van der Waals surface area contributed by atoms with Crippen molar-refractivity contribution in [2.24, 2.45) is 5.73 Å². The van der Waals surface area contributed by atoms with Crippen LogP contribution in [0.4, 0.5) is 0 Å². The minimum atomic E-state index is -3.87. The number of carbonyl (C=O) groups is 2. The third-order valence-electron chi connectivity index (χ3n) is 5.36. The zero-order chi connectivity index (χ0) is 20.1. The molecule has 2 aromatic rings. The molecule has 0 aromatic carbocycles. The van der Waals surface area contributed by atoms with Crippen LogP contribution in [0.3, 0.4) is 0 Å². The van der Waals surface area contributed by atoms with Crippen molar-refractivity contribution >= 4 is 33.1 Å². The first-order valence-corrected chi connectivity index (χ1v) is 11.1. The molecule has 4 heterocycles. The highest BCUT2D eigenvalue weighted by Gasteiger charge is 2.55. The Morgan fingerprint density at radius 3 is 2.79 bits per heavy atom. The minimum Gasteiger partial charge on any atom is -0.329 e. The fraction of sp³-hybridized carbons (Fsp3) is 0.389. The molecule has 2 saturated heterocycles. The lowest BCUT2D eigenvalue weighted by Gasteiger charge is -2.31. The zero-order valence-corrected chi connectivity index (χ0v) is 16.8. The van der Waals surface area contributed by atoms with Crippen molar-refractivity contribution in [3.05, 3.63) is 46.9 Å². The molecule has 0 spiro atoms. The number of thiophene rings is 1. The van der Waals surface area contributed by atoms with Crippen molar-refractivity contribution in [1.82, 2.24) is 14.2 Å². The number of carbonyl (C=O) groups excluding carboxylic acids is 2. The van der Waals surface area contributed by atoms with E-state index in [0.717, 1.165) is 0 Å². The highest BCUT2D eigenvalue weighted by molar-refractivity contribution is 7.89. The first kappa shape index (κ1) is 19.2. The molecule has 0 bridgehead atoms. The molecule has 2 aliphatic rings. The zero-order valence-electron chi connectivity index (χ0n) is 15.2. The maximum Gasteiger partial charge on any atom is 0.248 e. The second-order valence-electron chi connectivity index (χ2n) is 7.18. The molecule has 0 radical (unpaired) electrons. The van der Waals surface area contributed by atoms with Gasteiger partial charge in [0.15, 0.2) is 5.78 Å². The molecule has 8 nitrogen and oxygen atoms in total. The molecule has 10 heteroatoms. The highest BCUT2D eigenvalue weighted by Crippen LogP contribution is 2.36. The SMILES string of the molecule is CC(N)(C(=O)N1CCC2C1C(=O)CN2S(=O)(=O)c1cccnc1)c1cccs1. The minimum absolute atomic E-state index is 0.0375. The van der Waals surface area contributed by atoms with Gasteiger partial charge in [-0.25, -0.2) is 8.42 Å². The molecule has 0 aliphatic carbocycles. The van der Waals surface area contributed by atoms with E-state index in [1.54, 1.807) is 13.0 Å². The van der Waals surface area contributed by atoms with Gasteiger partial charge in [-0.1, -0.05) is 6.07 Å². The fourth-order valence-corrected chi connectivity index (χ4v) is 6.32. The summed E-state index contributed by atoms with van der Waals surface area (Å²) in [6.07, 6.45) is 3.14. The molecular formula is C18H20N4O4S2. The normalized spacial score (nSPS) is 24.9. The molecular weight excluding hydrogens is 400 g/mol. The Labute approximate surface area is 167 Å². The van der Waals surface area contributed by atoms with Crippen molar-refractivity contribution in [1.29, 1.82) is 0 Å². The van der Waals surface area contributed by atoms with E-state index in [1.807, 2.05) is 11.4 Å². The van der Waals surface area contributed by atoms with E-state index >= 15 is 0 Å². The lowest BCUT2D eigenvalue weighted by Crippen LogP contribution is -2.54. The summed E-state index contributed by atoms with van der Waals surface area (Å²) in [6.45, 7) is 1.66. The van der Waals surface area contributed by atoms with E-state index in [0.29, 0.717) is 11.3 Å².